The number of aryl methyl sites for hydroxylation is 1. The van der Waals surface area contributed by atoms with Gasteiger partial charge in [0, 0.05) is 5.69 Å². The second kappa shape index (κ2) is 7.83. The lowest BCUT2D eigenvalue weighted by molar-refractivity contribution is -0.120. The highest BCUT2D eigenvalue weighted by Crippen LogP contribution is 2.29. The molecule has 0 radical (unpaired) electrons. The zero-order valence-corrected chi connectivity index (χ0v) is 14.2. The first-order valence-electron chi connectivity index (χ1n) is 8.47. The summed E-state index contributed by atoms with van der Waals surface area (Å²) >= 11 is 0. The maximum Gasteiger partial charge on any atom is 0.339 e. The fourth-order valence-electron chi connectivity index (χ4n) is 3.25. The Morgan fingerprint density at radius 1 is 1.12 bits per heavy atom. The van der Waals surface area contributed by atoms with E-state index in [9.17, 15) is 9.59 Å². The smallest absolute Gasteiger partial charge is 0.339 e. The minimum absolute atomic E-state index is 0.0510. The number of methoxy groups -OCH3 is 1. The SMILES string of the molecule is COC(=O)c1ccccc1NCC(=O)NC1CCCc2ccccc21. The van der Waals surface area contributed by atoms with Gasteiger partial charge in [-0.05, 0) is 42.5 Å². The van der Waals surface area contributed by atoms with Gasteiger partial charge in [0.2, 0.25) is 5.91 Å². The molecule has 1 atom stereocenters. The maximum atomic E-state index is 12.4. The van der Waals surface area contributed by atoms with Crippen LogP contribution in [-0.2, 0) is 16.0 Å². The van der Waals surface area contributed by atoms with Crippen LogP contribution in [0.4, 0.5) is 5.69 Å². The van der Waals surface area contributed by atoms with Crippen molar-refractivity contribution in [1.29, 1.82) is 0 Å². The third kappa shape index (κ3) is 3.99. The lowest BCUT2D eigenvalue weighted by Crippen LogP contribution is -2.35. The number of esters is 1. The van der Waals surface area contributed by atoms with Crippen LogP contribution in [0.15, 0.2) is 48.5 Å². The highest BCUT2D eigenvalue weighted by atomic mass is 16.5. The summed E-state index contributed by atoms with van der Waals surface area (Å²) in [6.45, 7) is 0.104. The second-order valence-electron chi connectivity index (χ2n) is 6.10. The van der Waals surface area contributed by atoms with Gasteiger partial charge in [-0.3, -0.25) is 4.79 Å². The molecule has 5 nitrogen and oxygen atoms in total. The van der Waals surface area contributed by atoms with Gasteiger partial charge in [-0.25, -0.2) is 4.79 Å². The molecule has 0 aliphatic heterocycles. The first-order valence-corrected chi connectivity index (χ1v) is 8.47. The van der Waals surface area contributed by atoms with E-state index in [1.807, 2.05) is 18.2 Å². The molecule has 2 aromatic carbocycles. The normalized spacial score (nSPS) is 15.8. The van der Waals surface area contributed by atoms with Crippen LogP contribution in [0.5, 0.6) is 0 Å². The molecule has 1 aliphatic carbocycles. The first-order chi connectivity index (χ1) is 12.2. The van der Waals surface area contributed by atoms with Crippen molar-refractivity contribution in [3.05, 3.63) is 65.2 Å². The van der Waals surface area contributed by atoms with Crippen molar-refractivity contribution in [2.75, 3.05) is 19.0 Å². The molecular weight excluding hydrogens is 316 g/mol. The Balaban J connectivity index is 1.62. The zero-order valence-electron chi connectivity index (χ0n) is 14.2. The minimum atomic E-state index is -0.426. The van der Waals surface area contributed by atoms with Crippen molar-refractivity contribution in [3.63, 3.8) is 0 Å². The summed E-state index contributed by atoms with van der Waals surface area (Å²) < 4.78 is 4.76. The summed E-state index contributed by atoms with van der Waals surface area (Å²) in [5.41, 5.74) is 3.52. The number of para-hydroxylation sites is 1. The van der Waals surface area contributed by atoms with E-state index < -0.39 is 5.97 Å². The monoisotopic (exact) mass is 338 g/mol. The number of nitrogens with one attached hydrogen (secondary N) is 2. The fourth-order valence-corrected chi connectivity index (χ4v) is 3.25. The standard InChI is InChI=1S/C20H22N2O3/c1-25-20(24)16-10-4-5-11-17(16)21-13-19(23)22-18-12-6-8-14-7-2-3-9-15(14)18/h2-5,7,9-11,18,21H,6,8,12-13H2,1H3,(H,22,23). The van der Waals surface area contributed by atoms with Crippen molar-refractivity contribution in [1.82, 2.24) is 5.32 Å². The Morgan fingerprint density at radius 2 is 1.88 bits per heavy atom. The highest BCUT2D eigenvalue weighted by Gasteiger charge is 2.21. The number of fused-ring (bicyclic) bond motifs is 1. The van der Waals surface area contributed by atoms with Gasteiger partial charge in [0.25, 0.3) is 0 Å². The van der Waals surface area contributed by atoms with E-state index in [1.165, 1.54) is 18.2 Å². The summed E-state index contributed by atoms with van der Waals surface area (Å²) in [6, 6.07) is 15.3. The van der Waals surface area contributed by atoms with E-state index in [4.69, 9.17) is 4.74 Å². The molecule has 2 aromatic rings. The average Bonchev–Trinajstić information content (AvgIpc) is 2.66. The number of anilines is 1. The van der Waals surface area contributed by atoms with Gasteiger partial charge in [0.05, 0.1) is 25.3 Å². The largest absolute Gasteiger partial charge is 0.465 e. The molecule has 0 spiro atoms. The third-order valence-corrected chi connectivity index (χ3v) is 4.48. The number of hydrogen-bond donors (Lipinski definition) is 2. The van der Waals surface area contributed by atoms with Crippen LogP contribution in [0.2, 0.25) is 0 Å². The lowest BCUT2D eigenvalue weighted by Gasteiger charge is -2.26. The van der Waals surface area contributed by atoms with Crippen molar-refractivity contribution in [2.24, 2.45) is 0 Å². The molecule has 25 heavy (non-hydrogen) atoms. The van der Waals surface area contributed by atoms with Crippen LogP contribution in [0.25, 0.3) is 0 Å². The van der Waals surface area contributed by atoms with Crippen molar-refractivity contribution < 1.29 is 14.3 Å². The summed E-state index contributed by atoms with van der Waals surface area (Å²) in [5.74, 6) is -0.522. The summed E-state index contributed by atoms with van der Waals surface area (Å²) in [4.78, 5) is 24.1. The molecule has 5 heteroatoms. The quantitative estimate of drug-likeness (QED) is 0.822. The topological polar surface area (TPSA) is 67.4 Å². The number of benzene rings is 2. The van der Waals surface area contributed by atoms with E-state index >= 15 is 0 Å². The molecule has 2 N–H and O–H groups in total. The summed E-state index contributed by atoms with van der Waals surface area (Å²) in [6.07, 6.45) is 3.08. The predicted molar refractivity (Wildman–Crippen MR) is 96.5 cm³/mol. The lowest BCUT2D eigenvalue weighted by atomic mass is 9.88. The van der Waals surface area contributed by atoms with E-state index in [0.29, 0.717) is 11.3 Å². The van der Waals surface area contributed by atoms with Crippen molar-refractivity contribution >= 4 is 17.6 Å². The van der Waals surface area contributed by atoms with Gasteiger partial charge in [0.15, 0.2) is 0 Å². The van der Waals surface area contributed by atoms with Gasteiger partial charge in [-0.1, -0.05) is 36.4 Å². The molecular formula is C20H22N2O3. The summed E-state index contributed by atoms with van der Waals surface area (Å²) in [5, 5.41) is 6.12. The van der Waals surface area contributed by atoms with Crippen LogP contribution < -0.4 is 10.6 Å². The van der Waals surface area contributed by atoms with Crippen LogP contribution in [0.3, 0.4) is 0 Å². The van der Waals surface area contributed by atoms with Gasteiger partial charge in [0.1, 0.15) is 0 Å². The number of hydrogen-bond acceptors (Lipinski definition) is 4. The Morgan fingerprint density at radius 3 is 2.72 bits per heavy atom. The van der Waals surface area contributed by atoms with Crippen LogP contribution in [0, 0.1) is 0 Å². The number of carbonyl (C=O) groups is 2. The molecule has 0 aromatic heterocycles. The van der Waals surface area contributed by atoms with Crippen molar-refractivity contribution in [3.8, 4) is 0 Å². The molecule has 0 saturated heterocycles. The minimum Gasteiger partial charge on any atom is -0.465 e. The van der Waals surface area contributed by atoms with Gasteiger partial charge in [-0.2, -0.15) is 0 Å². The van der Waals surface area contributed by atoms with Gasteiger partial charge < -0.3 is 15.4 Å². The Kier molecular flexibility index (Phi) is 5.33. The molecule has 0 fully saturated rings. The number of carbonyl (C=O) groups excluding carboxylic acids is 2. The van der Waals surface area contributed by atoms with E-state index in [-0.39, 0.29) is 18.5 Å². The Labute approximate surface area is 147 Å². The molecule has 3 rings (SSSR count). The van der Waals surface area contributed by atoms with Crippen molar-refractivity contribution in [2.45, 2.75) is 25.3 Å². The molecule has 1 unspecified atom stereocenters. The molecule has 130 valence electrons. The van der Waals surface area contributed by atoms with E-state index in [0.717, 1.165) is 19.3 Å². The Bertz CT molecular complexity index is 773. The molecule has 1 amide bonds. The number of rotatable bonds is 5. The zero-order chi connectivity index (χ0) is 17.6. The highest BCUT2D eigenvalue weighted by molar-refractivity contribution is 5.96. The average molecular weight is 338 g/mol. The molecule has 0 bridgehead atoms. The van der Waals surface area contributed by atoms with E-state index in [2.05, 4.69) is 22.8 Å². The Hall–Kier alpha value is -2.82. The van der Waals surface area contributed by atoms with Crippen LogP contribution >= 0.6 is 0 Å². The maximum absolute atomic E-state index is 12.4. The third-order valence-electron chi connectivity index (χ3n) is 4.48. The number of amides is 1. The first kappa shape index (κ1) is 17.0. The van der Waals surface area contributed by atoms with E-state index in [1.54, 1.807) is 18.2 Å². The van der Waals surface area contributed by atoms with Crippen LogP contribution in [0.1, 0.15) is 40.4 Å². The molecule has 1 aliphatic rings. The summed E-state index contributed by atoms with van der Waals surface area (Å²) in [7, 11) is 1.34. The fraction of sp³-hybridized carbons (Fsp3) is 0.300. The van der Waals surface area contributed by atoms with Crippen LogP contribution in [-0.4, -0.2) is 25.5 Å². The molecule has 0 saturated carbocycles. The number of ether oxygens (including phenoxy) is 1. The van der Waals surface area contributed by atoms with Gasteiger partial charge in [-0.15, -0.1) is 0 Å². The molecule has 0 heterocycles. The predicted octanol–water partition coefficient (Wildman–Crippen LogP) is 3.08. The van der Waals surface area contributed by atoms with Gasteiger partial charge >= 0.3 is 5.97 Å². The second-order valence-corrected chi connectivity index (χ2v) is 6.10.